The molecule has 8 heteroatoms. The standard InChI is InChI=1S/C36H31NO7/c1-41-27-16-12-25(13-17-27)36(24-8-4-3-5-9-24,26-14-18-28(42-2)19-15-26)43-21-20-33(38)31-22-30-29-10-6-7-11-34(29)44-35(30)23-32(31)37(39)40/h3-19,22-23,33,38H,20-21H2,1-2H3. The van der Waals surface area contributed by atoms with E-state index in [9.17, 15) is 15.2 Å². The van der Waals surface area contributed by atoms with Gasteiger partial charge in [0.05, 0.1) is 43.5 Å². The minimum atomic E-state index is -1.17. The van der Waals surface area contributed by atoms with Gasteiger partial charge in [-0.25, -0.2) is 0 Å². The maximum absolute atomic E-state index is 12.1. The van der Waals surface area contributed by atoms with Gasteiger partial charge in [-0.05, 0) is 53.1 Å². The molecule has 0 spiro atoms. The Balaban J connectivity index is 1.39. The van der Waals surface area contributed by atoms with Crippen molar-refractivity contribution in [2.24, 2.45) is 0 Å². The second kappa shape index (κ2) is 12.2. The Morgan fingerprint density at radius 3 is 1.91 bits per heavy atom. The summed E-state index contributed by atoms with van der Waals surface area (Å²) in [5.74, 6) is 1.41. The number of nitrogens with zero attached hydrogens (tertiary/aromatic N) is 1. The van der Waals surface area contributed by atoms with E-state index in [1.54, 1.807) is 20.3 Å². The van der Waals surface area contributed by atoms with Gasteiger partial charge in [0.2, 0.25) is 0 Å². The number of methoxy groups -OCH3 is 2. The Labute approximate surface area is 254 Å². The molecule has 1 unspecified atom stereocenters. The van der Waals surface area contributed by atoms with Gasteiger partial charge in [-0.1, -0.05) is 72.8 Å². The zero-order valence-corrected chi connectivity index (χ0v) is 24.3. The number of rotatable bonds is 11. The molecule has 0 fully saturated rings. The number of aliphatic hydroxyl groups excluding tert-OH is 1. The summed E-state index contributed by atoms with van der Waals surface area (Å²) in [7, 11) is 3.23. The average Bonchev–Trinajstić information content (AvgIpc) is 3.44. The first-order valence-corrected chi connectivity index (χ1v) is 14.2. The van der Waals surface area contributed by atoms with E-state index >= 15 is 0 Å². The molecule has 0 aliphatic heterocycles. The fraction of sp³-hybridized carbons (Fsp3) is 0.167. The fourth-order valence-electron chi connectivity index (χ4n) is 5.76. The van der Waals surface area contributed by atoms with Gasteiger partial charge in [-0.15, -0.1) is 0 Å². The van der Waals surface area contributed by atoms with Crippen molar-refractivity contribution in [2.45, 2.75) is 18.1 Å². The monoisotopic (exact) mass is 589 g/mol. The van der Waals surface area contributed by atoms with Gasteiger partial charge >= 0.3 is 0 Å². The maximum Gasteiger partial charge on any atom is 0.278 e. The van der Waals surface area contributed by atoms with E-state index in [0.29, 0.717) is 28.1 Å². The second-order valence-electron chi connectivity index (χ2n) is 10.4. The molecule has 0 saturated heterocycles. The summed E-state index contributed by atoms with van der Waals surface area (Å²) >= 11 is 0. The zero-order valence-electron chi connectivity index (χ0n) is 24.3. The third-order valence-electron chi connectivity index (χ3n) is 7.96. The molecule has 0 radical (unpaired) electrons. The topological polar surface area (TPSA) is 104 Å². The molecule has 6 aromatic rings. The molecule has 1 heterocycles. The molecule has 0 amide bonds. The Hall–Kier alpha value is -5.18. The number of para-hydroxylation sites is 1. The van der Waals surface area contributed by atoms with Crippen LogP contribution in [0.2, 0.25) is 0 Å². The van der Waals surface area contributed by atoms with E-state index in [1.807, 2.05) is 103 Å². The molecule has 44 heavy (non-hydrogen) atoms. The highest BCUT2D eigenvalue weighted by molar-refractivity contribution is 6.05. The summed E-state index contributed by atoms with van der Waals surface area (Å²) in [5, 5.41) is 25.0. The molecular formula is C36H31NO7. The summed E-state index contributed by atoms with van der Waals surface area (Å²) in [6.45, 7) is 0.0788. The number of hydrogen-bond acceptors (Lipinski definition) is 7. The van der Waals surface area contributed by atoms with Crippen molar-refractivity contribution in [3.05, 3.63) is 148 Å². The van der Waals surface area contributed by atoms with Crippen molar-refractivity contribution in [1.29, 1.82) is 0 Å². The van der Waals surface area contributed by atoms with Crippen LogP contribution < -0.4 is 9.47 Å². The van der Waals surface area contributed by atoms with Crippen molar-refractivity contribution in [2.75, 3.05) is 20.8 Å². The molecule has 0 aliphatic rings. The van der Waals surface area contributed by atoms with E-state index in [2.05, 4.69) is 0 Å². The van der Waals surface area contributed by atoms with Gasteiger partial charge < -0.3 is 23.7 Å². The molecule has 0 aliphatic carbocycles. The Kier molecular flexibility index (Phi) is 8.02. The second-order valence-corrected chi connectivity index (χ2v) is 10.4. The summed E-state index contributed by atoms with van der Waals surface area (Å²) in [6, 6.07) is 35.6. The van der Waals surface area contributed by atoms with Gasteiger partial charge in [0.1, 0.15) is 28.3 Å². The van der Waals surface area contributed by atoms with Crippen molar-refractivity contribution >= 4 is 27.6 Å². The number of nitro benzene ring substituents is 1. The first-order chi connectivity index (χ1) is 21.4. The van der Waals surface area contributed by atoms with Gasteiger partial charge in [-0.2, -0.15) is 0 Å². The van der Waals surface area contributed by atoms with E-state index in [0.717, 1.165) is 22.1 Å². The van der Waals surface area contributed by atoms with Crippen LogP contribution in [0.5, 0.6) is 11.5 Å². The van der Waals surface area contributed by atoms with E-state index in [1.165, 1.54) is 6.07 Å². The zero-order chi connectivity index (χ0) is 30.7. The Bertz CT molecular complexity index is 1850. The number of aliphatic hydroxyl groups is 1. The normalized spacial score (nSPS) is 12.3. The summed E-state index contributed by atoms with van der Waals surface area (Å²) in [5.41, 5.74) is 2.52. The van der Waals surface area contributed by atoms with Crippen molar-refractivity contribution in [3.63, 3.8) is 0 Å². The van der Waals surface area contributed by atoms with E-state index in [4.69, 9.17) is 18.6 Å². The van der Waals surface area contributed by atoms with Crippen LogP contribution >= 0.6 is 0 Å². The lowest BCUT2D eigenvalue weighted by Gasteiger charge is -2.36. The lowest BCUT2D eigenvalue weighted by atomic mass is 9.80. The molecule has 222 valence electrons. The number of nitro groups is 1. The molecule has 1 atom stereocenters. The van der Waals surface area contributed by atoms with Crippen LogP contribution in [0.1, 0.15) is 34.8 Å². The molecular weight excluding hydrogens is 558 g/mol. The van der Waals surface area contributed by atoms with Gasteiger partial charge in [-0.3, -0.25) is 10.1 Å². The number of benzene rings is 5. The first-order valence-electron chi connectivity index (χ1n) is 14.2. The Morgan fingerprint density at radius 2 is 1.32 bits per heavy atom. The minimum absolute atomic E-state index is 0.0788. The smallest absolute Gasteiger partial charge is 0.278 e. The van der Waals surface area contributed by atoms with Crippen LogP contribution in [-0.4, -0.2) is 30.9 Å². The average molecular weight is 590 g/mol. The fourth-order valence-corrected chi connectivity index (χ4v) is 5.76. The largest absolute Gasteiger partial charge is 0.497 e. The highest BCUT2D eigenvalue weighted by atomic mass is 16.6. The summed E-state index contributed by atoms with van der Waals surface area (Å²) < 4.78 is 23.5. The van der Waals surface area contributed by atoms with Crippen molar-refractivity contribution in [3.8, 4) is 11.5 Å². The van der Waals surface area contributed by atoms with Crippen LogP contribution in [0.4, 0.5) is 5.69 Å². The molecule has 5 aromatic carbocycles. The quantitative estimate of drug-likeness (QED) is 0.0929. The lowest BCUT2D eigenvalue weighted by Crippen LogP contribution is -2.33. The number of furan rings is 1. The predicted molar refractivity (Wildman–Crippen MR) is 168 cm³/mol. The summed E-state index contributed by atoms with van der Waals surface area (Å²) in [6.07, 6.45) is -1.07. The molecule has 8 nitrogen and oxygen atoms in total. The van der Waals surface area contributed by atoms with Crippen LogP contribution in [0.3, 0.4) is 0 Å². The third-order valence-corrected chi connectivity index (χ3v) is 7.96. The van der Waals surface area contributed by atoms with Crippen molar-refractivity contribution < 1.29 is 28.7 Å². The predicted octanol–water partition coefficient (Wildman–Crippen LogP) is 7.94. The van der Waals surface area contributed by atoms with Crippen molar-refractivity contribution in [1.82, 2.24) is 0 Å². The van der Waals surface area contributed by atoms with E-state index in [-0.39, 0.29) is 24.3 Å². The van der Waals surface area contributed by atoms with Crippen LogP contribution in [0.15, 0.2) is 120 Å². The van der Waals surface area contributed by atoms with Crippen LogP contribution in [0, 0.1) is 10.1 Å². The van der Waals surface area contributed by atoms with Gasteiger partial charge in [0, 0.05) is 17.2 Å². The van der Waals surface area contributed by atoms with Gasteiger partial charge in [0.25, 0.3) is 5.69 Å². The lowest BCUT2D eigenvalue weighted by molar-refractivity contribution is -0.386. The minimum Gasteiger partial charge on any atom is -0.497 e. The van der Waals surface area contributed by atoms with E-state index < -0.39 is 16.6 Å². The molecule has 1 aromatic heterocycles. The molecule has 0 bridgehead atoms. The molecule has 1 N–H and O–H groups in total. The third kappa shape index (κ3) is 5.25. The highest BCUT2D eigenvalue weighted by Crippen LogP contribution is 2.43. The molecule has 0 saturated carbocycles. The maximum atomic E-state index is 12.1. The van der Waals surface area contributed by atoms with Crippen LogP contribution in [0.25, 0.3) is 21.9 Å². The van der Waals surface area contributed by atoms with Gasteiger partial charge in [0.15, 0.2) is 0 Å². The number of fused-ring (bicyclic) bond motifs is 3. The summed E-state index contributed by atoms with van der Waals surface area (Å²) in [4.78, 5) is 11.6. The first kappa shape index (κ1) is 28.9. The molecule has 6 rings (SSSR count). The SMILES string of the molecule is COc1ccc(C(OCCC(O)c2cc3c(cc2[N+](=O)[O-])oc2ccccc23)(c2ccccc2)c2ccc(OC)cc2)cc1. The number of ether oxygens (including phenoxy) is 3. The highest BCUT2D eigenvalue weighted by Gasteiger charge is 2.38. The number of hydrogen-bond donors (Lipinski definition) is 1. The Morgan fingerprint density at radius 1 is 0.750 bits per heavy atom. The van der Waals surface area contributed by atoms with Crippen LogP contribution in [-0.2, 0) is 10.3 Å².